The number of methoxy groups -OCH3 is 2. The zero-order valence-corrected chi connectivity index (χ0v) is 26.3. The molecule has 194 valence electrons. The van der Waals surface area contributed by atoms with E-state index in [2.05, 4.69) is 0 Å². The molecule has 0 aliphatic rings. The maximum Gasteiger partial charge on any atom is 0.124 e. The van der Waals surface area contributed by atoms with Gasteiger partial charge in [0.25, 0.3) is 0 Å². The summed E-state index contributed by atoms with van der Waals surface area (Å²) in [5, 5.41) is 1.69. The molecule has 9 nitrogen and oxygen atoms in total. The van der Waals surface area contributed by atoms with Crippen molar-refractivity contribution in [1.82, 2.24) is 5.32 Å². The molecule has 1 unspecified atom stereocenters. The third kappa shape index (κ3) is 9.93. The Kier molecular flexibility index (Phi) is 12.1. The molecule has 36 heavy (non-hydrogen) atoms. The Morgan fingerprint density at radius 3 is 2.06 bits per heavy atom. The molecular weight excluding hydrogens is 696 g/mol. The first-order valence-electron chi connectivity index (χ1n) is 10.3. The van der Waals surface area contributed by atoms with E-state index in [9.17, 15) is 35.7 Å². The van der Waals surface area contributed by atoms with Crippen molar-refractivity contribution in [3.8, 4) is 11.5 Å². The molecule has 0 fully saturated rings. The number of nitrogens with one attached hydrogen (secondary N) is 1. The Hall–Kier alpha value is -2.38. The summed E-state index contributed by atoms with van der Waals surface area (Å²) in [6.07, 6.45) is -5.23. The number of hydrogen-bond donors (Lipinski definition) is 1. The molecular formula is C22H24F3HgNO8S. The van der Waals surface area contributed by atoms with Gasteiger partial charge in [0.15, 0.2) is 0 Å². The first-order chi connectivity index (χ1) is 16.6. The minimum atomic E-state index is -5.09. The van der Waals surface area contributed by atoms with E-state index in [1.807, 2.05) is 6.92 Å². The molecule has 2 aromatic carbocycles. The zero-order chi connectivity index (χ0) is 27.7. The molecule has 0 bridgehead atoms. The maximum atomic E-state index is 12.5. The summed E-state index contributed by atoms with van der Waals surface area (Å²) >= 11 is 0.0905. The van der Waals surface area contributed by atoms with E-state index in [1.54, 1.807) is 29.6 Å². The topological polar surface area (TPSA) is 131 Å². The van der Waals surface area contributed by atoms with Crippen LogP contribution in [-0.2, 0) is 57.0 Å². The number of esters is 1. The second kappa shape index (κ2) is 13.8. The standard InChI is InChI=1S/C15H17F3NO5.C7H8O3S.Hg/c1-4-24-13(20)10(19-14(21)15(16,17)18)7-9-5-6-11(22-2)12(8-9)23-3;1-6-2-4-7(5-3-6)11(8,9)10;/h6,8,10H,4,7H2,1-3H3,(H,19,21);2-5H,1H3,(H,8,9,10);/q;;+1/p-1. The zero-order valence-electron chi connectivity index (χ0n) is 20.0. The molecule has 2 rings (SSSR count). The predicted molar refractivity (Wildman–Crippen MR) is 117 cm³/mol. The van der Waals surface area contributed by atoms with Crippen LogP contribution >= 0.6 is 0 Å². The van der Waals surface area contributed by atoms with Crippen LogP contribution in [0.15, 0.2) is 41.3 Å². The van der Waals surface area contributed by atoms with Crippen molar-refractivity contribution in [2.75, 3.05) is 20.8 Å². The van der Waals surface area contributed by atoms with Gasteiger partial charge in [-0.2, -0.15) is 0 Å². The maximum absolute atomic E-state index is 12.5. The summed E-state index contributed by atoms with van der Waals surface area (Å²) in [7, 11) is -1.38. The molecule has 0 radical (unpaired) electrons. The Labute approximate surface area is 223 Å². The van der Waals surface area contributed by atoms with Crippen LogP contribution in [0.5, 0.6) is 11.5 Å². The van der Waals surface area contributed by atoms with Crippen LogP contribution in [0.1, 0.15) is 18.1 Å². The smallest absolute Gasteiger partial charge is 0.124 e. The quantitative estimate of drug-likeness (QED) is 0.249. The SMILES string of the molecule is CCOC(=O)C(Cc1cc(OC)c(OC)c[c]1[Hg+])NC(=O)C(F)(F)F.Cc1ccc(S(=O)(=O)[O-])cc1. The Balaban J connectivity index is 0.000000488. The van der Waals surface area contributed by atoms with Gasteiger partial charge in [-0.1, -0.05) is 17.7 Å². The molecule has 0 heterocycles. The summed E-state index contributed by atoms with van der Waals surface area (Å²) in [6, 6.07) is 7.64. The second-order valence-electron chi connectivity index (χ2n) is 7.22. The number of hydrogen-bond acceptors (Lipinski definition) is 8. The van der Waals surface area contributed by atoms with Gasteiger partial charge in [-0.15, -0.1) is 0 Å². The van der Waals surface area contributed by atoms with Crippen LogP contribution in [0.25, 0.3) is 0 Å². The van der Waals surface area contributed by atoms with E-state index >= 15 is 0 Å². The summed E-state index contributed by atoms with van der Waals surface area (Å²) in [6.45, 7) is 3.33. The van der Waals surface area contributed by atoms with Crippen LogP contribution in [0.2, 0.25) is 0 Å². The van der Waals surface area contributed by atoms with Gasteiger partial charge in [-0.3, -0.25) is 0 Å². The second-order valence-corrected chi connectivity index (χ2v) is 11.6. The molecule has 1 amide bonds. The third-order valence-electron chi connectivity index (χ3n) is 4.57. The molecule has 0 aliphatic carbocycles. The average molecular weight is 720 g/mol. The van der Waals surface area contributed by atoms with Crippen LogP contribution < -0.4 is 17.9 Å². The van der Waals surface area contributed by atoms with Crippen molar-refractivity contribution >= 4 is 25.1 Å². The van der Waals surface area contributed by atoms with Crippen LogP contribution in [-0.4, -0.2) is 57.9 Å². The van der Waals surface area contributed by atoms with Crippen LogP contribution in [0, 0.1) is 6.92 Å². The minimum Gasteiger partial charge on any atom is -0.744 e. The number of carbonyl (C=O) groups excluding carboxylic acids is 2. The molecule has 0 saturated carbocycles. The average Bonchev–Trinajstić information content (AvgIpc) is 2.79. The van der Waals surface area contributed by atoms with Gasteiger partial charge in [0, 0.05) is 0 Å². The molecule has 0 aromatic heterocycles. The van der Waals surface area contributed by atoms with E-state index in [-0.39, 0.29) is 44.0 Å². The van der Waals surface area contributed by atoms with E-state index in [1.165, 1.54) is 33.3 Å². The third-order valence-corrected chi connectivity index (χ3v) is 7.98. The van der Waals surface area contributed by atoms with Crippen molar-refractivity contribution in [1.29, 1.82) is 0 Å². The van der Waals surface area contributed by atoms with Gasteiger partial charge in [0.2, 0.25) is 0 Å². The van der Waals surface area contributed by atoms with Crippen molar-refractivity contribution < 1.29 is 76.1 Å². The fraction of sp³-hybridized carbons (Fsp3) is 0.364. The summed E-state index contributed by atoms with van der Waals surface area (Å²) in [4.78, 5) is 23.0. The normalized spacial score (nSPS) is 12.1. The van der Waals surface area contributed by atoms with Gasteiger partial charge in [0.05, 0.1) is 4.90 Å². The number of alkyl halides is 3. The monoisotopic (exact) mass is 721 g/mol. The van der Waals surface area contributed by atoms with Gasteiger partial charge in [-0.25, -0.2) is 8.42 Å². The van der Waals surface area contributed by atoms with Gasteiger partial charge >= 0.3 is 159 Å². The number of carbonyl (C=O) groups is 2. The summed E-state index contributed by atoms with van der Waals surface area (Å²) < 4.78 is 84.6. The number of rotatable bonds is 8. The molecule has 0 aliphatic heterocycles. The van der Waals surface area contributed by atoms with Crippen molar-refractivity contribution in [3.05, 3.63) is 47.5 Å². The Bertz CT molecular complexity index is 1160. The van der Waals surface area contributed by atoms with Crippen molar-refractivity contribution in [2.24, 2.45) is 0 Å². The predicted octanol–water partition coefficient (Wildman–Crippen LogP) is 1.93. The van der Waals surface area contributed by atoms with Crippen LogP contribution in [0.3, 0.4) is 0 Å². The Morgan fingerprint density at radius 2 is 1.61 bits per heavy atom. The van der Waals surface area contributed by atoms with Crippen molar-refractivity contribution in [3.63, 3.8) is 0 Å². The van der Waals surface area contributed by atoms with E-state index in [0.29, 0.717) is 17.1 Å². The number of halogens is 3. The van der Waals surface area contributed by atoms with Crippen molar-refractivity contribution in [2.45, 2.75) is 37.4 Å². The first-order valence-corrected chi connectivity index (χ1v) is 14.4. The molecule has 0 spiro atoms. The number of ether oxygens (including phenoxy) is 3. The number of benzene rings is 2. The molecule has 1 N–H and O–H groups in total. The molecule has 1 atom stereocenters. The molecule has 14 heteroatoms. The summed E-state index contributed by atoms with van der Waals surface area (Å²) in [5.41, 5.74) is 1.53. The summed E-state index contributed by atoms with van der Waals surface area (Å²) in [5.74, 6) is -2.24. The van der Waals surface area contributed by atoms with Gasteiger partial charge in [-0.05, 0) is 19.1 Å². The molecule has 0 saturated heterocycles. The van der Waals surface area contributed by atoms with Gasteiger partial charge < -0.3 is 4.55 Å². The number of amides is 1. The fourth-order valence-electron chi connectivity index (χ4n) is 2.75. The minimum absolute atomic E-state index is 0.0135. The largest absolute Gasteiger partial charge is 0.744 e. The van der Waals surface area contributed by atoms with E-state index in [4.69, 9.17) is 14.2 Å². The van der Waals surface area contributed by atoms with Crippen LogP contribution in [0.4, 0.5) is 13.2 Å². The van der Waals surface area contributed by atoms with E-state index in [0.717, 1.165) is 8.64 Å². The first kappa shape index (κ1) is 31.6. The number of aryl methyl sites for hydroxylation is 1. The van der Waals surface area contributed by atoms with Gasteiger partial charge in [0.1, 0.15) is 10.1 Å². The van der Waals surface area contributed by atoms with E-state index < -0.39 is 34.2 Å². The molecule has 2 aromatic rings. The fourth-order valence-corrected chi connectivity index (χ4v) is 4.90. The Morgan fingerprint density at radius 1 is 1.08 bits per heavy atom.